The van der Waals surface area contributed by atoms with Gasteiger partial charge in [0, 0.05) is 6.42 Å². The number of hydrogen-bond acceptors (Lipinski definition) is 2. The van der Waals surface area contributed by atoms with E-state index < -0.39 is 17.4 Å². The summed E-state index contributed by atoms with van der Waals surface area (Å²) in [4.78, 5) is 11.3. The number of carbonyl (C=O) groups is 1. The fourth-order valence-electron chi connectivity index (χ4n) is 1.48. The molecule has 1 aromatic rings. The van der Waals surface area contributed by atoms with Crippen LogP contribution < -0.4 is 4.74 Å². The molecule has 14 heavy (non-hydrogen) atoms. The molecule has 2 nitrogen and oxygen atoms in total. The number of halogens is 2. The van der Waals surface area contributed by atoms with E-state index in [2.05, 4.69) is 0 Å². The Hall–Kier alpha value is -1.45. The number of ether oxygens (including phenoxy) is 1. The summed E-state index contributed by atoms with van der Waals surface area (Å²) in [5, 5.41) is 0. The lowest BCUT2D eigenvalue weighted by atomic mass is 10.0. The molecular weight excluding hydrogens is 190 g/mol. The lowest BCUT2D eigenvalue weighted by Crippen LogP contribution is -2.18. The molecule has 0 atom stereocenters. The standard InChI is InChI=1S/C10H8F2O2/c1-5-4-7-8(10(12)9(5)11)6(13)2-3-14-7/h4H,2-3H2,1H3. The van der Waals surface area contributed by atoms with Gasteiger partial charge in [0.1, 0.15) is 5.75 Å². The predicted octanol–water partition coefficient (Wildman–Crippen LogP) is 2.24. The first-order valence-electron chi connectivity index (χ1n) is 4.26. The van der Waals surface area contributed by atoms with Crippen molar-refractivity contribution in [3.8, 4) is 5.75 Å². The van der Waals surface area contributed by atoms with Crippen LogP contribution in [0.1, 0.15) is 22.3 Å². The minimum atomic E-state index is -1.09. The summed E-state index contributed by atoms with van der Waals surface area (Å²) in [6, 6.07) is 1.35. The number of carbonyl (C=O) groups excluding carboxylic acids is 1. The second-order valence-electron chi connectivity index (χ2n) is 3.22. The Morgan fingerprint density at radius 1 is 1.36 bits per heavy atom. The Kier molecular flexibility index (Phi) is 1.98. The normalized spacial score (nSPS) is 14.9. The van der Waals surface area contributed by atoms with Crippen LogP contribution in [0.3, 0.4) is 0 Å². The second kappa shape index (κ2) is 3.04. The number of fused-ring (bicyclic) bond motifs is 1. The maximum absolute atomic E-state index is 13.3. The van der Waals surface area contributed by atoms with Gasteiger partial charge in [-0.2, -0.15) is 0 Å². The number of Topliss-reactive ketones (excluding diaryl/α,β-unsaturated/α-hetero) is 1. The van der Waals surface area contributed by atoms with E-state index in [1.165, 1.54) is 13.0 Å². The predicted molar refractivity (Wildman–Crippen MR) is 45.5 cm³/mol. The van der Waals surface area contributed by atoms with Crippen LogP contribution in [0.25, 0.3) is 0 Å². The maximum atomic E-state index is 13.3. The molecule has 0 unspecified atom stereocenters. The zero-order valence-electron chi connectivity index (χ0n) is 7.56. The molecule has 0 N–H and O–H groups in total. The Labute approximate surface area is 79.5 Å². The van der Waals surface area contributed by atoms with Crippen LogP contribution in [0.4, 0.5) is 8.78 Å². The highest BCUT2D eigenvalue weighted by Gasteiger charge is 2.26. The third kappa shape index (κ3) is 1.18. The van der Waals surface area contributed by atoms with Gasteiger partial charge in [-0.25, -0.2) is 8.78 Å². The van der Waals surface area contributed by atoms with Crippen LogP contribution in [0, 0.1) is 18.6 Å². The number of rotatable bonds is 0. The lowest BCUT2D eigenvalue weighted by Gasteiger charge is -2.17. The summed E-state index contributed by atoms with van der Waals surface area (Å²) < 4.78 is 31.5. The fraction of sp³-hybridized carbons (Fsp3) is 0.300. The summed E-state index contributed by atoms with van der Waals surface area (Å²) in [6.45, 7) is 1.66. The van der Waals surface area contributed by atoms with Gasteiger partial charge >= 0.3 is 0 Å². The number of ketones is 1. The van der Waals surface area contributed by atoms with Crippen molar-refractivity contribution < 1.29 is 18.3 Å². The van der Waals surface area contributed by atoms with Crippen molar-refractivity contribution in [3.63, 3.8) is 0 Å². The van der Waals surface area contributed by atoms with Crippen LogP contribution in [-0.4, -0.2) is 12.4 Å². The van der Waals surface area contributed by atoms with Gasteiger partial charge in [-0.15, -0.1) is 0 Å². The van der Waals surface area contributed by atoms with Gasteiger partial charge in [-0.05, 0) is 18.6 Å². The van der Waals surface area contributed by atoms with Gasteiger partial charge in [0.2, 0.25) is 0 Å². The average molecular weight is 198 g/mol. The van der Waals surface area contributed by atoms with E-state index in [0.29, 0.717) is 0 Å². The van der Waals surface area contributed by atoms with Crippen LogP contribution in [-0.2, 0) is 0 Å². The molecule has 0 aliphatic carbocycles. The minimum absolute atomic E-state index is 0.104. The lowest BCUT2D eigenvalue weighted by molar-refractivity contribution is 0.0926. The smallest absolute Gasteiger partial charge is 0.173 e. The summed E-state index contributed by atoms with van der Waals surface area (Å²) in [5.74, 6) is -2.31. The quantitative estimate of drug-likeness (QED) is 0.639. The molecular formula is C10H8F2O2. The second-order valence-corrected chi connectivity index (χ2v) is 3.22. The molecule has 0 spiro atoms. The topological polar surface area (TPSA) is 26.3 Å². The Morgan fingerprint density at radius 2 is 2.07 bits per heavy atom. The molecule has 0 saturated carbocycles. The minimum Gasteiger partial charge on any atom is -0.492 e. The zero-order chi connectivity index (χ0) is 10.3. The SMILES string of the molecule is Cc1cc2c(c(F)c1F)C(=O)CCO2. The summed E-state index contributed by atoms with van der Waals surface area (Å²) in [6.07, 6.45) is 0.104. The maximum Gasteiger partial charge on any atom is 0.173 e. The molecule has 0 radical (unpaired) electrons. The highest BCUT2D eigenvalue weighted by molar-refractivity contribution is 6.00. The van der Waals surface area contributed by atoms with E-state index in [9.17, 15) is 13.6 Å². The van der Waals surface area contributed by atoms with E-state index in [-0.39, 0.29) is 29.9 Å². The van der Waals surface area contributed by atoms with Gasteiger partial charge in [0.05, 0.1) is 12.2 Å². The van der Waals surface area contributed by atoms with E-state index in [0.717, 1.165) is 0 Å². The van der Waals surface area contributed by atoms with Crippen molar-refractivity contribution in [3.05, 3.63) is 28.8 Å². The molecule has 1 aromatic carbocycles. The number of aryl methyl sites for hydroxylation is 1. The van der Waals surface area contributed by atoms with Crippen molar-refractivity contribution in [1.29, 1.82) is 0 Å². The first-order chi connectivity index (χ1) is 6.61. The Morgan fingerprint density at radius 3 is 2.79 bits per heavy atom. The molecule has 1 aliphatic heterocycles. The molecule has 0 fully saturated rings. The zero-order valence-corrected chi connectivity index (χ0v) is 7.56. The van der Waals surface area contributed by atoms with Crippen molar-refractivity contribution >= 4 is 5.78 Å². The van der Waals surface area contributed by atoms with E-state index in [4.69, 9.17) is 4.74 Å². The van der Waals surface area contributed by atoms with Crippen molar-refractivity contribution in [2.45, 2.75) is 13.3 Å². The Bertz CT molecular complexity index is 413. The van der Waals surface area contributed by atoms with Gasteiger partial charge < -0.3 is 4.74 Å². The van der Waals surface area contributed by atoms with E-state index in [1.807, 2.05) is 0 Å². The monoisotopic (exact) mass is 198 g/mol. The van der Waals surface area contributed by atoms with Crippen LogP contribution in [0.5, 0.6) is 5.75 Å². The third-order valence-corrected chi connectivity index (χ3v) is 2.22. The molecule has 1 aliphatic rings. The van der Waals surface area contributed by atoms with Crippen molar-refractivity contribution in [2.24, 2.45) is 0 Å². The number of hydrogen-bond donors (Lipinski definition) is 0. The molecule has 74 valence electrons. The van der Waals surface area contributed by atoms with Crippen LogP contribution >= 0.6 is 0 Å². The van der Waals surface area contributed by atoms with E-state index >= 15 is 0 Å². The number of benzene rings is 1. The first kappa shape index (κ1) is 9.12. The summed E-state index contributed by atoms with van der Waals surface area (Å²) >= 11 is 0. The molecule has 0 amide bonds. The fourth-order valence-corrected chi connectivity index (χ4v) is 1.48. The summed E-state index contributed by atoms with van der Waals surface area (Å²) in [5.41, 5.74) is -0.102. The first-order valence-corrected chi connectivity index (χ1v) is 4.26. The molecule has 0 saturated heterocycles. The summed E-state index contributed by atoms with van der Waals surface area (Å²) in [7, 11) is 0. The largest absolute Gasteiger partial charge is 0.492 e. The molecule has 4 heteroatoms. The third-order valence-electron chi connectivity index (χ3n) is 2.22. The molecule has 0 bridgehead atoms. The van der Waals surface area contributed by atoms with E-state index in [1.54, 1.807) is 0 Å². The van der Waals surface area contributed by atoms with Gasteiger partial charge in [0.25, 0.3) is 0 Å². The van der Waals surface area contributed by atoms with Crippen LogP contribution in [0.15, 0.2) is 6.07 Å². The molecule has 2 rings (SSSR count). The average Bonchev–Trinajstić information content (AvgIpc) is 2.14. The van der Waals surface area contributed by atoms with Gasteiger partial charge in [0.15, 0.2) is 17.4 Å². The van der Waals surface area contributed by atoms with Gasteiger partial charge in [-0.1, -0.05) is 0 Å². The highest BCUT2D eigenvalue weighted by atomic mass is 19.2. The van der Waals surface area contributed by atoms with Crippen LogP contribution in [0.2, 0.25) is 0 Å². The van der Waals surface area contributed by atoms with Gasteiger partial charge in [-0.3, -0.25) is 4.79 Å². The molecule has 1 heterocycles. The molecule has 0 aromatic heterocycles. The van der Waals surface area contributed by atoms with Crippen molar-refractivity contribution in [2.75, 3.05) is 6.61 Å². The van der Waals surface area contributed by atoms with Crippen molar-refractivity contribution in [1.82, 2.24) is 0 Å². The highest BCUT2D eigenvalue weighted by Crippen LogP contribution is 2.30. The Balaban J connectivity index is 2.70.